The summed E-state index contributed by atoms with van der Waals surface area (Å²) in [6, 6.07) is 11.1. The number of anilines is 1. The van der Waals surface area contributed by atoms with E-state index in [9.17, 15) is 14.7 Å². The van der Waals surface area contributed by atoms with E-state index in [4.69, 9.17) is 5.11 Å². The molecule has 0 radical (unpaired) electrons. The molecule has 0 aliphatic heterocycles. The van der Waals surface area contributed by atoms with Gasteiger partial charge < -0.3 is 15.5 Å². The van der Waals surface area contributed by atoms with Gasteiger partial charge in [0, 0.05) is 5.56 Å². The first-order valence-electron chi connectivity index (χ1n) is 5.92. The Morgan fingerprint density at radius 3 is 2.30 bits per heavy atom. The molecule has 0 bridgehead atoms. The number of aromatic hydroxyl groups is 1. The molecule has 0 unspecified atom stereocenters. The first-order valence-corrected chi connectivity index (χ1v) is 5.92. The third-order valence-corrected chi connectivity index (χ3v) is 2.83. The molecule has 20 heavy (non-hydrogen) atoms. The minimum absolute atomic E-state index is 0.0653. The van der Waals surface area contributed by atoms with Crippen LogP contribution in [0.25, 0.3) is 0 Å². The van der Waals surface area contributed by atoms with Crippen LogP contribution in [0.3, 0.4) is 0 Å². The van der Waals surface area contributed by atoms with Crippen molar-refractivity contribution in [3.05, 3.63) is 59.2 Å². The Bertz CT molecular complexity index is 662. The number of para-hydroxylation sites is 1. The minimum Gasteiger partial charge on any atom is -0.505 e. The lowest BCUT2D eigenvalue weighted by Crippen LogP contribution is -2.12. The number of phenols is 1. The number of hydrogen-bond donors (Lipinski definition) is 3. The normalized spacial score (nSPS) is 10.1. The molecule has 0 saturated heterocycles. The van der Waals surface area contributed by atoms with E-state index in [1.54, 1.807) is 24.3 Å². The third kappa shape index (κ3) is 2.77. The lowest BCUT2D eigenvalue weighted by Gasteiger charge is -2.09. The summed E-state index contributed by atoms with van der Waals surface area (Å²) >= 11 is 0. The zero-order chi connectivity index (χ0) is 14.7. The van der Waals surface area contributed by atoms with Gasteiger partial charge in [-0.05, 0) is 31.2 Å². The summed E-state index contributed by atoms with van der Waals surface area (Å²) in [6.07, 6.45) is 0. The molecule has 2 rings (SSSR count). The number of carbonyl (C=O) groups is 2. The molecular formula is C15H13NO4. The van der Waals surface area contributed by atoms with Gasteiger partial charge in [-0.15, -0.1) is 0 Å². The Labute approximate surface area is 115 Å². The van der Waals surface area contributed by atoms with Gasteiger partial charge in [0.2, 0.25) is 0 Å². The van der Waals surface area contributed by atoms with E-state index >= 15 is 0 Å². The van der Waals surface area contributed by atoms with E-state index in [2.05, 4.69) is 5.32 Å². The summed E-state index contributed by atoms with van der Waals surface area (Å²) in [4.78, 5) is 22.9. The second-order valence-electron chi connectivity index (χ2n) is 4.33. The summed E-state index contributed by atoms with van der Waals surface area (Å²) in [6.45, 7) is 1.91. The predicted molar refractivity (Wildman–Crippen MR) is 74.2 cm³/mol. The summed E-state index contributed by atoms with van der Waals surface area (Å²) in [5, 5.41) is 21.2. The van der Waals surface area contributed by atoms with Crippen molar-refractivity contribution in [1.82, 2.24) is 0 Å². The lowest BCUT2D eigenvalue weighted by molar-refractivity contribution is 0.0693. The number of benzene rings is 2. The first-order chi connectivity index (χ1) is 9.49. The lowest BCUT2D eigenvalue weighted by atomic mass is 10.1. The maximum Gasteiger partial charge on any atom is 0.339 e. The quantitative estimate of drug-likeness (QED) is 0.749. The highest BCUT2D eigenvalue weighted by atomic mass is 16.4. The molecular weight excluding hydrogens is 258 g/mol. The summed E-state index contributed by atoms with van der Waals surface area (Å²) < 4.78 is 0. The van der Waals surface area contributed by atoms with Crippen LogP contribution in [0, 0.1) is 6.92 Å². The Hall–Kier alpha value is -2.82. The van der Waals surface area contributed by atoms with Crippen molar-refractivity contribution in [2.45, 2.75) is 6.92 Å². The molecule has 5 heteroatoms. The average Bonchev–Trinajstić information content (AvgIpc) is 2.41. The molecule has 0 atom stereocenters. The van der Waals surface area contributed by atoms with Gasteiger partial charge in [-0.3, -0.25) is 4.79 Å². The highest BCUT2D eigenvalue weighted by Gasteiger charge is 2.15. The maximum absolute atomic E-state index is 12.0. The van der Waals surface area contributed by atoms with Gasteiger partial charge in [-0.2, -0.15) is 0 Å². The van der Waals surface area contributed by atoms with Gasteiger partial charge in [0.25, 0.3) is 5.91 Å². The molecule has 0 saturated carbocycles. The fraction of sp³-hybridized carbons (Fsp3) is 0.0667. The van der Waals surface area contributed by atoms with Crippen LogP contribution in [0.4, 0.5) is 5.69 Å². The number of aromatic carboxylic acids is 1. The van der Waals surface area contributed by atoms with Crippen LogP contribution in [-0.4, -0.2) is 22.1 Å². The maximum atomic E-state index is 12.0. The van der Waals surface area contributed by atoms with Crippen LogP contribution in [0.1, 0.15) is 26.3 Å². The molecule has 0 heterocycles. The van der Waals surface area contributed by atoms with E-state index in [0.29, 0.717) is 5.56 Å². The number of nitrogens with one attached hydrogen (secondary N) is 1. The van der Waals surface area contributed by atoms with E-state index in [-0.39, 0.29) is 11.3 Å². The smallest absolute Gasteiger partial charge is 0.339 e. The van der Waals surface area contributed by atoms with Gasteiger partial charge in [0.1, 0.15) is 5.56 Å². The van der Waals surface area contributed by atoms with Gasteiger partial charge in [-0.1, -0.05) is 23.8 Å². The topological polar surface area (TPSA) is 86.6 Å². The largest absolute Gasteiger partial charge is 0.505 e. The highest BCUT2D eigenvalue weighted by Crippen LogP contribution is 2.27. The van der Waals surface area contributed by atoms with Crippen molar-refractivity contribution < 1.29 is 19.8 Å². The van der Waals surface area contributed by atoms with Crippen LogP contribution in [0.15, 0.2) is 42.5 Å². The number of carboxylic acids is 1. The highest BCUT2D eigenvalue weighted by molar-refractivity contribution is 6.06. The second kappa shape index (κ2) is 5.44. The number of carbonyl (C=O) groups excluding carboxylic acids is 1. The molecule has 2 aromatic carbocycles. The number of hydrogen-bond acceptors (Lipinski definition) is 3. The molecule has 0 aliphatic rings. The monoisotopic (exact) mass is 271 g/mol. The van der Waals surface area contributed by atoms with Crippen molar-refractivity contribution >= 4 is 17.6 Å². The van der Waals surface area contributed by atoms with Crippen LogP contribution < -0.4 is 5.32 Å². The van der Waals surface area contributed by atoms with Crippen LogP contribution >= 0.6 is 0 Å². The Morgan fingerprint density at radius 2 is 1.70 bits per heavy atom. The third-order valence-electron chi connectivity index (χ3n) is 2.83. The Balaban J connectivity index is 2.26. The van der Waals surface area contributed by atoms with Crippen molar-refractivity contribution in [1.29, 1.82) is 0 Å². The van der Waals surface area contributed by atoms with Crippen LogP contribution in [0.5, 0.6) is 5.75 Å². The van der Waals surface area contributed by atoms with Crippen molar-refractivity contribution in [2.75, 3.05) is 5.32 Å². The molecule has 2 aromatic rings. The standard InChI is InChI=1S/C15H13NO4/c1-9-5-7-10(8-6-9)14(18)16-12-4-2-3-11(13(12)17)15(19)20/h2-8,17H,1H3,(H,16,18)(H,19,20). The van der Waals surface area contributed by atoms with Gasteiger partial charge in [-0.25, -0.2) is 4.79 Å². The van der Waals surface area contributed by atoms with Crippen molar-refractivity contribution in [3.8, 4) is 5.75 Å². The van der Waals surface area contributed by atoms with E-state index < -0.39 is 17.6 Å². The molecule has 0 aliphatic carbocycles. The molecule has 0 aromatic heterocycles. The molecule has 0 fully saturated rings. The summed E-state index contributed by atoms with van der Waals surface area (Å²) in [7, 11) is 0. The van der Waals surface area contributed by atoms with E-state index in [1.165, 1.54) is 18.2 Å². The second-order valence-corrected chi connectivity index (χ2v) is 4.33. The molecule has 5 nitrogen and oxygen atoms in total. The summed E-state index contributed by atoms with van der Waals surface area (Å²) in [5.74, 6) is -2.13. The zero-order valence-electron chi connectivity index (χ0n) is 10.8. The SMILES string of the molecule is Cc1ccc(C(=O)Nc2cccc(C(=O)O)c2O)cc1. The molecule has 0 spiro atoms. The van der Waals surface area contributed by atoms with Crippen LogP contribution in [-0.2, 0) is 0 Å². The van der Waals surface area contributed by atoms with E-state index in [1.807, 2.05) is 6.92 Å². The molecule has 102 valence electrons. The molecule has 1 amide bonds. The van der Waals surface area contributed by atoms with E-state index in [0.717, 1.165) is 5.56 Å². The molecule has 3 N–H and O–H groups in total. The Kier molecular flexibility index (Phi) is 3.70. The predicted octanol–water partition coefficient (Wildman–Crippen LogP) is 2.65. The number of aryl methyl sites for hydroxylation is 1. The van der Waals surface area contributed by atoms with Gasteiger partial charge in [0.05, 0.1) is 5.69 Å². The fourth-order valence-electron chi connectivity index (χ4n) is 1.72. The average molecular weight is 271 g/mol. The van der Waals surface area contributed by atoms with Crippen molar-refractivity contribution in [3.63, 3.8) is 0 Å². The zero-order valence-corrected chi connectivity index (χ0v) is 10.8. The number of carboxylic acid groups (broad SMARTS) is 1. The fourth-order valence-corrected chi connectivity index (χ4v) is 1.72. The Morgan fingerprint density at radius 1 is 1.05 bits per heavy atom. The first kappa shape index (κ1) is 13.6. The van der Waals surface area contributed by atoms with Gasteiger partial charge >= 0.3 is 5.97 Å². The number of amides is 1. The minimum atomic E-state index is -1.26. The van der Waals surface area contributed by atoms with Gasteiger partial charge in [0.15, 0.2) is 5.75 Å². The summed E-state index contributed by atoms with van der Waals surface area (Å²) in [5.41, 5.74) is 1.26. The van der Waals surface area contributed by atoms with Crippen molar-refractivity contribution in [2.24, 2.45) is 0 Å². The van der Waals surface area contributed by atoms with Crippen LogP contribution in [0.2, 0.25) is 0 Å². The number of rotatable bonds is 3.